The van der Waals surface area contributed by atoms with Crippen molar-refractivity contribution in [3.8, 4) is 0 Å². The predicted octanol–water partition coefficient (Wildman–Crippen LogP) is 3.40. The molecule has 0 aliphatic heterocycles. The van der Waals surface area contributed by atoms with E-state index < -0.39 is 50.4 Å². The summed E-state index contributed by atoms with van der Waals surface area (Å²) in [5.41, 5.74) is -1.32. The highest BCUT2D eigenvalue weighted by Gasteiger charge is 2.35. The number of nitrogens with zero attached hydrogens (tertiary/aromatic N) is 1. The van der Waals surface area contributed by atoms with Gasteiger partial charge in [0.05, 0.1) is 15.4 Å². The second kappa shape index (κ2) is 6.03. The molecule has 0 bridgehead atoms. The lowest BCUT2D eigenvalue weighted by molar-refractivity contribution is -0.385. The van der Waals surface area contributed by atoms with Gasteiger partial charge in [0.15, 0.2) is 15.6 Å². The number of carbonyl (C=O) groups excluding carboxylic acids is 1. The Labute approximate surface area is 138 Å². The van der Waals surface area contributed by atoms with E-state index >= 15 is 0 Å². The maximum Gasteiger partial charge on any atom is 0.281 e. The first kappa shape index (κ1) is 14.8. The highest BCUT2D eigenvalue weighted by molar-refractivity contribution is 7.90. The summed E-state index contributed by atoms with van der Waals surface area (Å²) in [5.74, 6) is -1.62. The van der Waals surface area contributed by atoms with E-state index in [0.717, 1.165) is 24.5 Å². The van der Waals surface area contributed by atoms with Gasteiger partial charge in [0.2, 0.25) is 0 Å². The Kier molecular flexibility index (Phi) is 3.88. The number of Topliss-reactive ketones (excluding diaryl/α,β-unsaturated/α-hetero) is 1. The Morgan fingerprint density at radius 1 is 1.43 bits per heavy atom. The zero-order valence-electron chi connectivity index (χ0n) is 15.3. The van der Waals surface area contributed by atoms with E-state index in [4.69, 9.17) is 2.74 Å². The number of hydrogen-bond acceptors (Lipinski definition) is 5. The second-order valence-corrected chi connectivity index (χ2v) is 8.54. The zero-order valence-corrected chi connectivity index (χ0v) is 14.1. The van der Waals surface area contributed by atoms with Gasteiger partial charge in [-0.25, -0.2) is 8.42 Å². The lowest BCUT2D eigenvalue weighted by Crippen LogP contribution is -2.28. The number of sulfone groups is 1. The number of carbonyl (C=O) groups is 1. The van der Waals surface area contributed by atoms with Crippen LogP contribution in [0.2, 0.25) is 0 Å². The third-order valence-corrected chi connectivity index (χ3v) is 5.11. The van der Waals surface area contributed by atoms with Gasteiger partial charge >= 0.3 is 0 Å². The SMILES string of the molecule is [2H]C1CCC(C)(C)C([2H])C1C(=O)c1ccc(S(C)(=O)=O)cc1[N+](=O)[O-]. The molecule has 1 saturated carbocycles. The summed E-state index contributed by atoms with van der Waals surface area (Å²) >= 11 is 0. The van der Waals surface area contributed by atoms with Crippen molar-refractivity contribution in [1.82, 2.24) is 0 Å². The van der Waals surface area contributed by atoms with Crippen LogP contribution in [0.1, 0.15) is 52.6 Å². The van der Waals surface area contributed by atoms with Crippen LogP contribution in [-0.4, -0.2) is 25.4 Å². The normalized spacial score (nSPS) is 28.6. The van der Waals surface area contributed by atoms with Gasteiger partial charge in [-0.2, -0.15) is 0 Å². The predicted molar refractivity (Wildman–Crippen MR) is 86.3 cm³/mol. The summed E-state index contributed by atoms with van der Waals surface area (Å²) < 4.78 is 39.7. The molecule has 0 aromatic heterocycles. The molecule has 6 nitrogen and oxygen atoms in total. The van der Waals surface area contributed by atoms with E-state index in [1.807, 2.05) is 13.8 Å². The molecule has 0 saturated heterocycles. The summed E-state index contributed by atoms with van der Waals surface area (Å²) in [7, 11) is -3.66. The van der Waals surface area contributed by atoms with Gasteiger partial charge in [0.25, 0.3) is 5.69 Å². The summed E-state index contributed by atoms with van der Waals surface area (Å²) in [5, 5.41) is 11.3. The van der Waals surface area contributed by atoms with E-state index in [-0.39, 0.29) is 10.5 Å². The van der Waals surface area contributed by atoms with E-state index in [1.165, 1.54) is 0 Å². The molecule has 0 radical (unpaired) electrons. The molecule has 2 rings (SSSR count). The van der Waals surface area contributed by atoms with Gasteiger partial charge in [0, 0.05) is 21.0 Å². The maximum absolute atomic E-state index is 12.9. The largest absolute Gasteiger partial charge is 0.294 e. The van der Waals surface area contributed by atoms with Crippen LogP contribution in [0, 0.1) is 21.4 Å². The van der Waals surface area contributed by atoms with E-state index in [2.05, 4.69) is 0 Å². The average molecular weight is 341 g/mol. The smallest absolute Gasteiger partial charge is 0.281 e. The molecule has 0 N–H and O–H groups in total. The molecular weight excluding hydrogens is 318 g/mol. The monoisotopic (exact) mass is 341 g/mol. The molecule has 1 aliphatic rings. The number of ketones is 1. The van der Waals surface area contributed by atoms with Gasteiger partial charge in [-0.05, 0) is 36.8 Å². The number of nitro benzene ring substituents is 1. The number of rotatable bonds is 4. The zero-order chi connectivity index (χ0) is 19.2. The maximum atomic E-state index is 12.9. The van der Waals surface area contributed by atoms with Crippen LogP contribution in [0.5, 0.6) is 0 Å². The molecule has 1 aromatic rings. The van der Waals surface area contributed by atoms with E-state index in [1.54, 1.807) is 0 Å². The van der Waals surface area contributed by atoms with Crippen LogP contribution < -0.4 is 0 Å². The van der Waals surface area contributed by atoms with Crippen LogP contribution in [0.4, 0.5) is 5.69 Å². The number of hydrogen-bond donors (Lipinski definition) is 0. The van der Waals surface area contributed by atoms with Gasteiger partial charge in [0.1, 0.15) is 0 Å². The molecule has 0 spiro atoms. The molecule has 1 fully saturated rings. The molecular formula is C16H21NO5S. The van der Waals surface area contributed by atoms with Crippen molar-refractivity contribution in [2.45, 2.75) is 44.4 Å². The van der Waals surface area contributed by atoms with Gasteiger partial charge < -0.3 is 0 Å². The summed E-state index contributed by atoms with van der Waals surface area (Å²) in [4.78, 5) is 23.2. The van der Waals surface area contributed by atoms with E-state index in [0.29, 0.717) is 12.8 Å². The lowest BCUT2D eigenvalue weighted by Gasteiger charge is -2.34. The highest BCUT2D eigenvalue weighted by atomic mass is 32.2. The van der Waals surface area contributed by atoms with Crippen molar-refractivity contribution in [2.75, 3.05) is 6.26 Å². The minimum atomic E-state index is -3.66. The van der Waals surface area contributed by atoms with Crippen LogP contribution in [0.15, 0.2) is 23.1 Å². The fourth-order valence-corrected chi connectivity index (χ4v) is 3.38. The first-order valence-electron chi connectivity index (χ1n) is 8.39. The summed E-state index contributed by atoms with van der Waals surface area (Å²) in [6.07, 6.45) is 0.335. The quantitative estimate of drug-likeness (QED) is 0.475. The Balaban J connectivity index is 2.53. The standard InChI is InChI=1S/C16H21NO5S/c1-16(2)8-4-5-11(10-16)15(18)13-7-6-12(23(3,21)22)9-14(13)17(19)20/h6-7,9,11H,4-5,8,10H2,1-3H3/i5D,10D. The van der Waals surface area contributed by atoms with Crippen LogP contribution in [0.25, 0.3) is 0 Å². The van der Waals surface area contributed by atoms with Crippen LogP contribution in [-0.2, 0) is 9.84 Å². The second-order valence-electron chi connectivity index (χ2n) is 6.53. The molecule has 3 unspecified atom stereocenters. The van der Waals surface area contributed by atoms with Crippen molar-refractivity contribution >= 4 is 21.3 Å². The Morgan fingerprint density at radius 2 is 2.09 bits per heavy atom. The van der Waals surface area contributed by atoms with Crippen molar-refractivity contribution < 1.29 is 20.9 Å². The minimum Gasteiger partial charge on any atom is -0.294 e. The van der Waals surface area contributed by atoms with Gasteiger partial charge in [-0.15, -0.1) is 0 Å². The van der Waals surface area contributed by atoms with Crippen LogP contribution >= 0.6 is 0 Å². The third-order valence-electron chi connectivity index (χ3n) is 4.00. The Morgan fingerprint density at radius 3 is 2.65 bits per heavy atom. The molecule has 1 aliphatic carbocycles. The van der Waals surface area contributed by atoms with Crippen LogP contribution in [0.3, 0.4) is 0 Å². The molecule has 23 heavy (non-hydrogen) atoms. The Hall–Kier alpha value is -1.76. The van der Waals surface area contributed by atoms with Crippen molar-refractivity contribution in [3.05, 3.63) is 33.9 Å². The molecule has 1 aromatic carbocycles. The number of nitro groups is 1. The fraction of sp³-hybridized carbons (Fsp3) is 0.562. The fourth-order valence-electron chi connectivity index (χ4n) is 2.74. The topological polar surface area (TPSA) is 94.3 Å². The minimum absolute atomic E-state index is 0.241. The van der Waals surface area contributed by atoms with Gasteiger partial charge in [-0.1, -0.05) is 20.3 Å². The van der Waals surface area contributed by atoms with Gasteiger partial charge in [-0.3, -0.25) is 14.9 Å². The number of benzene rings is 1. The summed E-state index contributed by atoms with van der Waals surface area (Å²) in [6, 6.07) is 3.15. The molecule has 0 heterocycles. The van der Waals surface area contributed by atoms with E-state index in [9.17, 15) is 23.3 Å². The first-order valence-corrected chi connectivity index (χ1v) is 9.12. The van der Waals surface area contributed by atoms with Crippen molar-refractivity contribution in [3.63, 3.8) is 0 Å². The van der Waals surface area contributed by atoms with Crippen molar-refractivity contribution in [2.24, 2.45) is 11.3 Å². The molecule has 0 amide bonds. The Bertz CT molecular complexity index is 822. The first-order chi connectivity index (χ1) is 11.4. The highest BCUT2D eigenvalue weighted by Crippen LogP contribution is 2.40. The third kappa shape index (κ3) is 3.96. The molecule has 126 valence electrons. The molecule has 3 atom stereocenters. The average Bonchev–Trinajstić information content (AvgIpc) is 2.50. The molecule has 7 heteroatoms. The summed E-state index contributed by atoms with van der Waals surface area (Å²) in [6.45, 7) is 3.69. The lowest BCUT2D eigenvalue weighted by atomic mass is 9.70. The van der Waals surface area contributed by atoms with Crippen molar-refractivity contribution in [1.29, 1.82) is 0 Å².